The van der Waals surface area contributed by atoms with Crippen molar-refractivity contribution in [2.75, 3.05) is 0 Å². The number of esters is 4. The molecule has 0 aliphatic rings. The molecule has 0 atom stereocenters. The maximum Gasteiger partial charge on any atom is 0.337 e. The zero-order valence-electron chi connectivity index (χ0n) is 34.1. The lowest BCUT2D eigenvalue weighted by atomic mass is 9.94. The molecule has 4 aromatic rings. The summed E-state index contributed by atoms with van der Waals surface area (Å²) in [6.07, 6.45) is 10.9. The van der Waals surface area contributed by atoms with Crippen molar-refractivity contribution in [3.63, 3.8) is 0 Å². The Morgan fingerprint density at radius 3 is 1.25 bits per heavy atom. The van der Waals surface area contributed by atoms with Crippen LogP contribution in [0.15, 0.2) is 153 Å². The van der Waals surface area contributed by atoms with Gasteiger partial charge in [-0.3, -0.25) is 0 Å². The standard InChI is InChI=1S/C52H41FO8/c1-34(2)49(54)58-29-25-40-11-9-38(10-12-40)17-23-44-33-48(53)47(46(28-32-61-52(57)37(7)8)45(44)27-31-60-51(56)36(5)6)24-18-39-13-19-42(20-14-39)43-21-15-41(16-22-43)26-30-59-50(55)35(3)4/h9-16,19-22,25-33H,1,3,5,7H2,2,4,6,8H3. The first-order chi connectivity index (χ1) is 29.1. The van der Waals surface area contributed by atoms with E-state index in [9.17, 15) is 19.2 Å². The van der Waals surface area contributed by atoms with E-state index in [0.717, 1.165) is 34.8 Å². The van der Waals surface area contributed by atoms with Gasteiger partial charge in [0.05, 0.1) is 30.6 Å². The monoisotopic (exact) mass is 812 g/mol. The minimum absolute atomic E-state index is 0.0517. The highest BCUT2D eigenvalue weighted by Gasteiger charge is 2.15. The number of benzene rings is 4. The zero-order chi connectivity index (χ0) is 44.5. The van der Waals surface area contributed by atoms with E-state index in [2.05, 4.69) is 50.0 Å². The minimum atomic E-state index is -0.719. The summed E-state index contributed by atoms with van der Waals surface area (Å²) in [5, 5.41) is 0. The highest BCUT2D eigenvalue weighted by Crippen LogP contribution is 2.27. The predicted molar refractivity (Wildman–Crippen MR) is 236 cm³/mol. The quantitative estimate of drug-likeness (QED) is 0.0432. The van der Waals surface area contributed by atoms with Crippen molar-refractivity contribution < 1.29 is 42.5 Å². The van der Waals surface area contributed by atoms with Gasteiger partial charge in [0, 0.05) is 50.1 Å². The summed E-state index contributed by atoms with van der Waals surface area (Å²) in [6.45, 7) is 20.4. The van der Waals surface area contributed by atoms with Crippen LogP contribution in [0.5, 0.6) is 0 Å². The normalized spacial score (nSPS) is 10.7. The molecule has 8 nitrogen and oxygen atoms in total. The number of rotatable bonds is 13. The third-order valence-corrected chi connectivity index (χ3v) is 8.16. The Balaban J connectivity index is 1.73. The molecule has 0 bridgehead atoms. The molecule has 0 N–H and O–H groups in total. The van der Waals surface area contributed by atoms with Gasteiger partial charge < -0.3 is 18.9 Å². The molecule has 0 spiro atoms. The zero-order valence-corrected chi connectivity index (χ0v) is 34.1. The number of carbonyl (C=O) groups is 4. The first-order valence-corrected chi connectivity index (χ1v) is 18.5. The number of halogens is 1. The Morgan fingerprint density at radius 2 is 0.820 bits per heavy atom. The summed E-state index contributed by atoms with van der Waals surface area (Å²) in [7, 11) is 0. The molecule has 304 valence electrons. The molecule has 0 saturated heterocycles. The Hall–Kier alpha value is -8.27. The van der Waals surface area contributed by atoms with Crippen LogP contribution in [0.1, 0.15) is 72.2 Å². The van der Waals surface area contributed by atoms with Crippen LogP contribution in [0.3, 0.4) is 0 Å². The molecular weight excluding hydrogens is 772 g/mol. The summed E-state index contributed by atoms with van der Waals surface area (Å²) < 4.78 is 36.7. The van der Waals surface area contributed by atoms with Gasteiger partial charge in [0.1, 0.15) is 5.82 Å². The Morgan fingerprint density at radius 1 is 0.475 bits per heavy atom. The molecule has 0 fully saturated rings. The molecule has 0 saturated carbocycles. The van der Waals surface area contributed by atoms with Gasteiger partial charge in [-0.2, -0.15) is 0 Å². The molecule has 0 unspecified atom stereocenters. The average molecular weight is 813 g/mol. The maximum atomic E-state index is 16.2. The minimum Gasteiger partial charge on any atom is -0.431 e. The largest absolute Gasteiger partial charge is 0.431 e. The third kappa shape index (κ3) is 14.0. The second-order valence-corrected chi connectivity index (χ2v) is 13.4. The van der Waals surface area contributed by atoms with E-state index in [0.29, 0.717) is 22.3 Å². The topological polar surface area (TPSA) is 105 Å². The average Bonchev–Trinajstić information content (AvgIpc) is 3.23. The molecule has 61 heavy (non-hydrogen) atoms. The molecule has 0 aliphatic carbocycles. The Labute approximate surface area is 355 Å². The van der Waals surface area contributed by atoms with E-state index >= 15 is 4.39 Å². The number of hydrogen-bond donors (Lipinski definition) is 0. The lowest BCUT2D eigenvalue weighted by Crippen LogP contribution is -2.02. The van der Waals surface area contributed by atoms with E-state index < -0.39 is 29.7 Å². The molecule has 0 amide bonds. The second-order valence-electron chi connectivity index (χ2n) is 13.4. The van der Waals surface area contributed by atoms with E-state index in [4.69, 9.17) is 18.9 Å². The van der Waals surface area contributed by atoms with Gasteiger partial charge in [-0.25, -0.2) is 23.6 Å². The molecule has 0 aromatic heterocycles. The molecule has 0 radical (unpaired) electrons. The highest BCUT2D eigenvalue weighted by molar-refractivity contribution is 5.89. The van der Waals surface area contributed by atoms with Crippen molar-refractivity contribution >= 4 is 48.2 Å². The smallest absolute Gasteiger partial charge is 0.337 e. The summed E-state index contributed by atoms with van der Waals surface area (Å²) >= 11 is 0. The number of ether oxygens (including phenoxy) is 4. The van der Waals surface area contributed by atoms with E-state index in [1.807, 2.05) is 36.4 Å². The van der Waals surface area contributed by atoms with Gasteiger partial charge in [0.15, 0.2) is 0 Å². The van der Waals surface area contributed by atoms with Crippen molar-refractivity contribution in [2.24, 2.45) is 0 Å². The second kappa shape index (κ2) is 22.0. The SMILES string of the molecule is C=C(C)C(=O)OC=Cc1ccc(C#Cc2cc(F)c(C#Cc3ccc(-c4ccc(C=COC(=O)C(=C)C)cc4)cc3)c(C=COC(=O)C(=C)C)c2C=COC(=O)C(=C)C)cc1. The molecule has 4 rings (SSSR count). The first kappa shape index (κ1) is 45.4. The van der Waals surface area contributed by atoms with Gasteiger partial charge in [0.25, 0.3) is 0 Å². The van der Waals surface area contributed by atoms with Crippen molar-refractivity contribution in [2.45, 2.75) is 27.7 Å². The van der Waals surface area contributed by atoms with Crippen LogP contribution < -0.4 is 0 Å². The van der Waals surface area contributed by atoms with Gasteiger partial charge in [-0.05, 0) is 105 Å². The van der Waals surface area contributed by atoms with E-state index in [1.54, 1.807) is 62.4 Å². The third-order valence-electron chi connectivity index (χ3n) is 8.16. The number of hydrogen-bond acceptors (Lipinski definition) is 8. The fourth-order valence-corrected chi connectivity index (χ4v) is 4.83. The van der Waals surface area contributed by atoms with Crippen molar-refractivity contribution in [1.29, 1.82) is 0 Å². The summed E-state index contributed by atoms with van der Waals surface area (Å²) in [4.78, 5) is 47.8. The lowest BCUT2D eigenvalue weighted by Gasteiger charge is -2.10. The van der Waals surface area contributed by atoms with Gasteiger partial charge >= 0.3 is 23.9 Å². The highest BCUT2D eigenvalue weighted by atomic mass is 19.1. The maximum absolute atomic E-state index is 16.2. The number of carbonyl (C=O) groups excluding carboxylic acids is 4. The van der Waals surface area contributed by atoms with Crippen LogP contribution in [-0.2, 0) is 38.1 Å². The molecule has 0 aliphatic heterocycles. The first-order valence-electron chi connectivity index (χ1n) is 18.5. The van der Waals surface area contributed by atoms with Crippen molar-refractivity contribution in [1.82, 2.24) is 0 Å². The van der Waals surface area contributed by atoms with Crippen LogP contribution in [-0.4, -0.2) is 23.9 Å². The Bertz CT molecular complexity index is 2650. The Kier molecular flexibility index (Phi) is 16.4. The fraction of sp³-hybridized carbons (Fsp3) is 0.0769. The fourth-order valence-electron chi connectivity index (χ4n) is 4.83. The van der Waals surface area contributed by atoms with Crippen LogP contribution in [0, 0.1) is 29.5 Å². The van der Waals surface area contributed by atoms with E-state index in [-0.39, 0.29) is 33.4 Å². The van der Waals surface area contributed by atoms with Gasteiger partial charge in [-0.1, -0.05) is 98.5 Å². The summed E-state index contributed by atoms with van der Waals surface area (Å²) in [5.41, 5.74) is 6.04. The van der Waals surface area contributed by atoms with Crippen LogP contribution in [0.25, 0.3) is 35.4 Å². The van der Waals surface area contributed by atoms with Crippen molar-refractivity contribution in [3.8, 4) is 34.8 Å². The van der Waals surface area contributed by atoms with Crippen LogP contribution in [0.2, 0.25) is 0 Å². The summed E-state index contributed by atoms with van der Waals surface area (Å²) in [5.74, 6) is 8.81. The molecular formula is C52H41FO8. The summed E-state index contributed by atoms with van der Waals surface area (Å²) in [6, 6.07) is 23.1. The molecule has 4 aromatic carbocycles. The predicted octanol–water partition coefficient (Wildman–Crippen LogP) is 10.7. The van der Waals surface area contributed by atoms with Crippen molar-refractivity contribution in [3.05, 3.63) is 203 Å². The molecule has 0 heterocycles. The van der Waals surface area contributed by atoms with E-state index in [1.165, 1.54) is 44.6 Å². The lowest BCUT2D eigenvalue weighted by molar-refractivity contribution is -0.134. The van der Waals surface area contributed by atoms with Gasteiger partial charge in [-0.15, -0.1) is 0 Å². The van der Waals surface area contributed by atoms with Gasteiger partial charge in [0.2, 0.25) is 0 Å². The molecule has 9 heteroatoms. The van der Waals surface area contributed by atoms with Crippen LogP contribution in [0.4, 0.5) is 4.39 Å². The van der Waals surface area contributed by atoms with Crippen LogP contribution >= 0.6 is 0 Å².